The molecule has 1 aromatic rings. The third-order valence-corrected chi connectivity index (χ3v) is 2.61. The molecule has 0 heterocycles. The minimum atomic E-state index is -1.00. The van der Waals surface area contributed by atoms with E-state index in [1.54, 1.807) is 0 Å². The fraction of sp³-hybridized carbons (Fsp3) is 0.385. The van der Waals surface area contributed by atoms with Gasteiger partial charge in [-0.25, -0.2) is 4.79 Å². The van der Waals surface area contributed by atoms with E-state index in [-0.39, 0.29) is 16.9 Å². The van der Waals surface area contributed by atoms with E-state index < -0.39 is 12.0 Å². The van der Waals surface area contributed by atoms with Crippen LogP contribution < -0.4 is 11.1 Å². The van der Waals surface area contributed by atoms with Gasteiger partial charge in [0, 0.05) is 5.69 Å². The number of nitrogens with two attached hydrogens (primary N) is 1. The van der Waals surface area contributed by atoms with Gasteiger partial charge in [-0.2, -0.15) is 0 Å². The number of carbonyl (C=O) groups is 2. The van der Waals surface area contributed by atoms with Gasteiger partial charge in [0.1, 0.15) is 0 Å². The average Bonchev–Trinajstić information content (AvgIpc) is 2.27. The monoisotopic (exact) mass is 250 g/mol. The van der Waals surface area contributed by atoms with Gasteiger partial charge in [-0.05, 0) is 29.7 Å². The molecule has 5 heteroatoms. The normalized spacial score (nSPS) is 12.9. The third-order valence-electron chi connectivity index (χ3n) is 2.61. The van der Waals surface area contributed by atoms with Crippen molar-refractivity contribution in [1.82, 2.24) is 0 Å². The van der Waals surface area contributed by atoms with E-state index in [0.717, 1.165) is 0 Å². The highest BCUT2D eigenvalue weighted by atomic mass is 16.4. The summed E-state index contributed by atoms with van der Waals surface area (Å²) in [5.41, 5.74) is 6.19. The minimum Gasteiger partial charge on any atom is -0.478 e. The van der Waals surface area contributed by atoms with Crippen molar-refractivity contribution in [2.24, 2.45) is 11.1 Å². The lowest BCUT2D eigenvalue weighted by atomic mass is 9.87. The van der Waals surface area contributed by atoms with Crippen LogP contribution in [0, 0.1) is 5.41 Å². The number of benzene rings is 1. The molecule has 0 bridgehead atoms. The number of carboxylic acids is 1. The maximum atomic E-state index is 11.8. The highest BCUT2D eigenvalue weighted by molar-refractivity contribution is 5.96. The molecule has 98 valence electrons. The Hall–Kier alpha value is -1.88. The van der Waals surface area contributed by atoms with Crippen molar-refractivity contribution in [1.29, 1.82) is 0 Å². The summed E-state index contributed by atoms with van der Waals surface area (Å²) >= 11 is 0. The molecule has 0 aliphatic rings. The summed E-state index contributed by atoms with van der Waals surface area (Å²) < 4.78 is 0. The second kappa shape index (κ2) is 5.18. The van der Waals surface area contributed by atoms with Crippen LogP contribution >= 0.6 is 0 Å². The third kappa shape index (κ3) is 3.56. The van der Waals surface area contributed by atoms with Crippen LogP contribution in [0.25, 0.3) is 0 Å². The molecule has 18 heavy (non-hydrogen) atoms. The first kappa shape index (κ1) is 14.2. The molecule has 0 saturated heterocycles. The average molecular weight is 250 g/mol. The molecule has 1 rings (SSSR count). The summed E-state index contributed by atoms with van der Waals surface area (Å²) in [6.45, 7) is 5.64. The Balaban J connectivity index is 2.74. The second-order valence-corrected chi connectivity index (χ2v) is 5.22. The van der Waals surface area contributed by atoms with E-state index in [0.29, 0.717) is 5.69 Å². The van der Waals surface area contributed by atoms with E-state index in [2.05, 4.69) is 5.32 Å². The number of nitrogens with one attached hydrogen (secondary N) is 1. The van der Waals surface area contributed by atoms with Gasteiger partial charge in [0.15, 0.2) is 0 Å². The van der Waals surface area contributed by atoms with Crippen LogP contribution in [-0.2, 0) is 4.79 Å². The fourth-order valence-electron chi connectivity index (χ4n) is 1.31. The summed E-state index contributed by atoms with van der Waals surface area (Å²) in [7, 11) is 0. The lowest BCUT2D eigenvalue weighted by molar-refractivity contribution is -0.119. The fourth-order valence-corrected chi connectivity index (χ4v) is 1.31. The first-order valence-corrected chi connectivity index (χ1v) is 5.61. The molecule has 5 nitrogen and oxygen atoms in total. The van der Waals surface area contributed by atoms with Crippen molar-refractivity contribution in [3.8, 4) is 0 Å². The molecule has 1 amide bonds. The molecule has 0 saturated carbocycles. The van der Waals surface area contributed by atoms with Crippen LogP contribution in [0.2, 0.25) is 0 Å². The predicted molar refractivity (Wildman–Crippen MR) is 69.5 cm³/mol. The number of hydrogen-bond donors (Lipinski definition) is 3. The SMILES string of the molecule is CC(C)(C)[C@@H](N)C(=O)Nc1ccc(C(=O)O)cc1. The zero-order chi connectivity index (χ0) is 13.9. The van der Waals surface area contributed by atoms with E-state index >= 15 is 0 Å². The molecule has 0 aromatic heterocycles. The Kier molecular flexibility index (Phi) is 4.08. The zero-order valence-electron chi connectivity index (χ0n) is 10.7. The van der Waals surface area contributed by atoms with Crippen LogP contribution in [0.15, 0.2) is 24.3 Å². The quantitative estimate of drug-likeness (QED) is 0.761. The molecular formula is C13H18N2O3. The molecule has 0 spiro atoms. The smallest absolute Gasteiger partial charge is 0.335 e. The lowest BCUT2D eigenvalue weighted by Crippen LogP contribution is -2.45. The van der Waals surface area contributed by atoms with Crippen molar-refractivity contribution in [3.63, 3.8) is 0 Å². The number of anilines is 1. The van der Waals surface area contributed by atoms with Crippen molar-refractivity contribution in [2.75, 3.05) is 5.32 Å². The highest BCUT2D eigenvalue weighted by Crippen LogP contribution is 2.19. The first-order chi connectivity index (χ1) is 8.21. The van der Waals surface area contributed by atoms with Gasteiger partial charge in [0.05, 0.1) is 11.6 Å². The highest BCUT2D eigenvalue weighted by Gasteiger charge is 2.27. The van der Waals surface area contributed by atoms with Crippen molar-refractivity contribution >= 4 is 17.6 Å². The van der Waals surface area contributed by atoms with Gasteiger partial charge >= 0.3 is 5.97 Å². The Morgan fingerprint density at radius 2 is 1.72 bits per heavy atom. The summed E-state index contributed by atoms with van der Waals surface area (Å²) in [6, 6.07) is 5.31. The molecule has 0 fully saturated rings. The Morgan fingerprint density at radius 1 is 1.22 bits per heavy atom. The first-order valence-electron chi connectivity index (χ1n) is 5.61. The summed E-state index contributed by atoms with van der Waals surface area (Å²) in [4.78, 5) is 22.5. The number of hydrogen-bond acceptors (Lipinski definition) is 3. The Labute approximate surface area is 106 Å². The molecule has 4 N–H and O–H groups in total. The van der Waals surface area contributed by atoms with Gasteiger partial charge in [0.2, 0.25) is 5.91 Å². The standard InChI is InChI=1S/C13H18N2O3/c1-13(2,3)10(14)11(16)15-9-6-4-8(5-7-9)12(17)18/h4-7,10H,14H2,1-3H3,(H,15,16)(H,17,18)/t10-/m0/s1. The molecular weight excluding hydrogens is 232 g/mol. The van der Waals surface area contributed by atoms with Crippen molar-refractivity contribution in [2.45, 2.75) is 26.8 Å². The van der Waals surface area contributed by atoms with Gasteiger partial charge in [0.25, 0.3) is 0 Å². The Morgan fingerprint density at radius 3 is 2.11 bits per heavy atom. The molecule has 1 atom stereocenters. The zero-order valence-corrected chi connectivity index (χ0v) is 10.7. The predicted octanol–water partition coefficient (Wildman–Crippen LogP) is 1.70. The van der Waals surface area contributed by atoms with Gasteiger partial charge in [-0.15, -0.1) is 0 Å². The largest absolute Gasteiger partial charge is 0.478 e. The van der Waals surface area contributed by atoms with Crippen LogP contribution in [0.4, 0.5) is 5.69 Å². The van der Waals surface area contributed by atoms with E-state index in [9.17, 15) is 9.59 Å². The van der Waals surface area contributed by atoms with Crippen LogP contribution in [0.1, 0.15) is 31.1 Å². The topological polar surface area (TPSA) is 92.4 Å². The lowest BCUT2D eigenvalue weighted by Gasteiger charge is -2.25. The Bertz CT molecular complexity index is 446. The number of rotatable bonds is 3. The number of carbonyl (C=O) groups excluding carboxylic acids is 1. The number of carboxylic acid groups (broad SMARTS) is 1. The molecule has 0 aliphatic heterocycles. The molecule has 0 unspecified atom stereocenters. The second-order valence-electron chi connectivity index (χ2n) is 5.22. The van der Waals surface area contributed by atoms with Gasteiger partial charge < -0.3 is 16.2 Å². The maximum absolute atomic E-state index is 11.8. The number of aromatic carboxylic acids is 1. The molecule has 0 aliphatic carbocycles. The summed E-state index contributed by atoms with van der Waals surface area (Å²) in [5.74, 6) is -1.29. The van der Waals surface area contributed by atoms with Gasteiger partial charge in [-0.1, -0.05) is 20.8 Å². The van der Waals surface area contributed by atoms with Crippen LogP contribution in [-0.4, -0.2) is 23.0 Å². The van der Waals surface area contributed by atoms with E-state index in [4.69, 9.17) is 10.8 Å². The van der Waals surface area contributed by atoms with Crippen LogP contribution in [0.5, 0.6) is 0 Å². The van der Waals surface area contributed by atoms with E-state index in [1.807, 2.05) is 20.8 Å². The number of amides is 1. The van der Waals surface area contributed by atoms with Crippen LogP contribution in [0.3, 0.4) is 0 Å². The molecule has 0 radical (unpaired) electrons. The van der Waals surface area contributed by atoms with E-state index in [1.165, 1.54) is 24.3 Å². The minimum absolute atomic E-state index is 0.174. The van der Waals surface area contributed by atoms with Gasteiger partial charge in [-0.3, -0.25) is 4.79 Å². The summed E-state index contributed by atoms with van der Waals surface area (Å²) in [6.07, 6.45) is 0. The summed E-state index contributed by atoms with van der Waals surface area (Å²) in [5, 5.41) is 11.4. The maximum Gasteiger partial charge on any atom is 0.335 e. The van der Waals surface area contributed by atoms with Crippen molar-refractivity contribution in [3.05, 3.63) is 29.8 Å². The molecule has 1 aromatic carbocycles. The van der Waals surface area contributed by atoms with Crippen molar-refractivity contribution < 1.29 is 14.7 Å².